The highest BCUT2D eigenvalue weighted by Gasteiger charge is 2.28. The van der Waals surface area contributed by atoms with Gasteiger partial charge in [-0.3, -0.25) is 9.78 Å². The van der Waals surface area contributed by atoms with Crippen LogP contribution in [0, 0.1) is 18.6 Å². The Morgan fingerprint density at radius 2 is 2.08 bits per heavy atom. The van der Waals surface area contributed by atoms with E-state index in [4.69, 9.17) is 0 Å². The Morgan fingerprint density at radius 3 is 2.83 bits per heavy atom. The van der Waals surface area contributed by atoms with Gasteiger partial charge in [-0.25, -0.2) is 8.78 Å². The van der Waals surface area contributed by atoms with E-state index in [1.54, 1.807) is 18.3 Å². The first-order valence-corrected chi connectivity index (χ1v) is 7.93. The monoisotopic (exact) mass is 331 g/mol. The average Bonchev–Trinajstić information content (AvgIpc) is 2.58. The number of nitrogens with one attached hydrogen (secondary N) is 2. The molecule has 1 aromatic heterocycles. The molecule has 0 bridgehead atoms. The topological polar surface area (TPSA) is 54.0 Å². The van der Waals surface area contributed by atoms with E-state index in [1.807, 2.05) is 6.92 Å². The van der Waals surface area contributed by atoms with E-state index in [0.29, 0.717) is 17.7 Å². The maximum absolute atomic E-state index is 13.5. The molecule has 6 heteroatoms. The second-order valence-electron chi connectivity index (χ2n) is 6.10. The number of benzene rings is 1. The number of rotatable bonds is 3. The van der Waals surface area contributed by atoms with Crippen LogP contribution in [-0.4, -0.2) is 30.0 Å². The molecule has 2 unspecified atom stereocenters. The van der Waals surface area contributed by atoms with Crippen LogP contribution < -0.4 is 10.6 Å². The zero-order valence-electron chi connectivity index (χ0n) is 13.4. The predicted molar refractivity (Wildman–Crippen MR) is 86.8 cm³/mol. The number of carbonyl (C=O) groups excluding carboxylic acids is 1. The first-order valence-electron chi connectivity index (χ1n) is 7.93. The summed E-state index contributed by atoms with van der Waals surface area (Å²) in [5.41, 5.74) is 2.09. The molecular weight excluding hydrogens is 312 g/mol. The molecule has 0 radical (unpaired) electrons. The molecule has 0 saturated carbocycles. The van der Waals surface area contributed by atoms with E-state index >= 15 is 0 Å². The molecule has 1 aliphatic rings. The van der Waals surface area contributed by atoms with Crippen LogP contribution in [-0.2, 0) is 0 Å². The molecule has 3 rings (SSSR count). The lowest BCUT2D eigenvalue weighted by molar-refractivity contribution is 0.0924. The summed E-state index contributed by atoms with van der Waals surface area (Å²) in [5.74, 6) is -2.01. The molecule has 2 atom stereocenters. The largest absolute Gasteiger partial charge is 0.347 e. The molecule has 1 aromatic carbocycles. The molecule has 0 aliphatic carbocycles. The number of carbonyl (C=O) groups is 1. The number of halogens is 2. The zero-order chi connectivity index (χ0) is 17.1. The molecule has 1 fully saturated rings. The second-order valence-corrected chi connectivity index (χ2v) is 6.10. The third-order valence-electron chi connectivity index (χ3n) is 4.31. The van der Waals surface area contributed by atoms with Gasteiger partial charge in [0.1, 0.15) is 0 Å². The van der Waals surface area contributed by atoms with Crippen LogP contribution in [0.4, 0.5) is 8.78 Å². The van der Waals surface area contributed by atoms with Crippen LogP contribution >= 0.6 is 0 Å². The highest BCUT2D eigenvalue weighted by Crippen LogP contribution is 2.27. The molecule has 0 spiro atoms. The van der Waals surface area contributed by atoms with E-state index in [0.717, 1.165) is 24.6 Å². The van der Waals surface area contributed by atoms with Crippen LogP contribution in [0.15, 0.2) is 36.7 Å². The summed E-state index contributed by atoms with van der Waals surface area (Å²) in [7, 11) is 0. The summed E-state index contributed by atoms with van der Waals surface area (Å²) in [6, 6.07) is 5.51. The number of hydrogen-bond acceptors (Lipinski definition) is 3. The van der Waals surface area contributed by atoms with Crippen molar-refractivity contribution in [1.82, 2.24) is 15.6 Å². The van der Waals surface area contributed by atoms with Gasteiger partial charge in [-0.1, -0.05) is 6.07 Å². The van der Waals surface area contributed by atoms with Crippen molar-refractivity contribution in [3.63, 3.8) is 0 Å². The van der Waals surface area contributed by atoms with E-state index in [2.05, 4.69) is 15.6 Å². The highest BCUT2D eigenvalue weighted by molar-refractivity contribution is 5.94. The van der Waals surface area contributed by atoms with E-state index < -0.39 is 11.6 Å². The first kappa shape index (κ1) is 16.5. The maximum atomic E-state index is 13.5. The van der Waals surface area contributed by atoms with Crippen LogP contribution in [0.2, 0.25) is 0 Å². The standard InChI is InChI=1S/C18H19F2N3O/c1-11-6-13(9-22-8-11)18(24)23-17-10-21-5-4-14(17)12-2-3-15(19)16(20)7-12/h2-3,6-9,14,17,21H,4-5,10H2,1H3,(H,23,24). The molecule has 2 N–H and O–H groups in total. The third kappa shape index (κ3) is 3.59. The van der Waals surface area contributed by atoms with Crippen LogP contribution in [0.3, 0.4) is 0 Å². The number of aromatic nitrogens is 1. The Hall–Kier alpha value is -2.34. The van der Waals surface area contributed by atoms with Gasteiger partial charge in [-0.05, 0) is 49.2 Å². The number of aryl methyl sites for hydroxylation is 1. The Morgan fingerprint density at radius 1 is 1.25 bits per heavy atom. The van der Waals surface area contributed by atoms with Crippen molar-refractivity contribution < 1.29 is 13.6 Å². The number of piperidine rings is 1. The minimum atomic E-state index is -0.862. The summed E-state index contributed by atoms with van der Waals surface area (Å²) in [5, 5.41) is 6.22. The van der Waals surface area contributed by atoms with Crippen molar-refractivity contribution in [2.24, 2.45) is 0 Å². The van der Waals surface area contributed by atoms with Gasteiger partial charge in [-0.15, -0.1) is 0 Å². The number of pyridine rings is 1. The molecule has 1 aliphatic heterocycles. The Balaban J connectivity index is 1.79. The molecular formula is C18H19F2N3O. The summed E-state index contributed by atoms with van der Waals surface area (Å²) >= 11 is 0. The van der Waals surface area contributed by atoms with Crippen molar-refractivity contribution in [1.29, 1.82) is 0 Å². The van der Waals surface area contributed by atoms with Crippen molar-refractivity contribution in [3.05, 3.63) is 65.0 Å². The summed E-state index contributed by atoms with van der Waals surface area (Å²) in [6.45, 7) is 3.22. The minimum Gasteiger partial charge on any atom is -0.347 e. The summed E-state index contributed by atoms with van der Waals surface area (Å²) in [6.07, 6.45) is 3.94. The second kappa shape index (κ2) is 7.05. The van der Waals surface area contributed by atoms with Gasteiger partial charge in [0.15, 0.2) is 11.6 Å². The molecule has 2 aromatic rings. The molecule has 24 heavy (non-hydrogen) atoms. The Kier molecular flexibility index (Phi) is 4.85. The van der Waals surface area contributed by atoms with E-state index in [9.17, 15) is 13.6 Å². The van der Waals surface area contributed by atoms with Gasteiger partial charge >= 0.3 is 0 Å². The highest BCUT2D eigenvalue weighted by atomic mass is 19.2. The van der Waals surface area contributed by atoms with Crippen LogP contribution in [0.5, 0.6) is 0 Å². The fourth-order valence-electron chi connectivity index (χ4n) is 3.08. The maximum Gasteiger partial charge on any atom is 0.253 e. The molecule has 1 saturated heterocycles. The van der Waals surface area contributed by atoms with Crippen molar-refractivity contribution in [3.8, 4) is 0 Å². The first-order chi connectivity index (χ1) is 11.5. The third-order valence-corrected chi connectivity index (χ3v) is 4.31. The lowest BCUT2D eigenvalue weighted by atomic mass is 9.86. The molecule has 4 nitrogen and oxygen atoms in total. The van der Waals surface area contributed by atoms with Gasteiger partial charge in [0, 0.05) is 30.9 Å². The van der Waals surface area contributed by atoms with Crippen molar-refractivity contribution in [2.75, 3.05) is 13.1 Å². The number of amides is 1. The average molecular weight is 331 g/mol. The van der Waals surface area contributed by atoms with Crippen molar-refractivity contribution >= 4 is 5.91 Å². The van der Waals surface area contributed by atoms with Gasteiger partial charge in [0.2, 0.25) is 0 Å². The quantitative estimate of drug-likeness (QED) is 0.909. The van der Waals surface area contributed by atoms with Gasteiger partial charge in [0.25, 0.3) is 5.91 Å². The van der Waals surface area contributed by atoms with Gasteiger partial charge in [0.05, 0.1) is 5.56 Å². The lowest BCUT2D eigenvalue weighted by Crippen LogP contribution is -2.50. The predicted octanol–water partition coefficient (Wildman–Crippen LogP) is 2.54. The van der Waals surface area contributed by atoms with Gasteiger partial charge < -0.3 is 10.6 Å². The summed E-state index contributed by atoms with van der Waals surface area (Å²) in [4.78, 5) is 16.5. The number of nitrogens with zero attached hydrogens (tertiary/aromatic N) is 1. The van der Waals surface area contributed by atoms with Crippen molar-refractivity contribution in [2.45, 2.75) is 25.3 Å². The Bertz CT molecular complexity index is 751. The normalized spacial score (nSPS) is 20.6. The van der Waals surface area contributed by atoms with E-state index in [-0.39, 0.29) is 17.9 Å². The SMILES string of the molecule is Cc1cncc(C(=O)NC2CNCCC2c2ccc(F)c(F)c2)c1. The number of hydrogen-bond donors (Lipinski definition) is 2. The smallest absolute Gasteiger partial charge is 0.253 e. The van der Waals surface area contributed by atoms with E-state index in [1.165, 1.54) is 12.3 Å². The lowest BCUT2D eigenvalue weighted by Gasteiger charge is -2.33. The summed E-state index contributed by atoms with van der Waals surface area (Å²) < 4.78 is 26.7. The molecule has 126 valence electrons. The fourth-order valence-corrected chi connectivity index (χ4v) is 3.08. The zero-order valence-corrected chi connectivity index (χ0v) is 13.4. The Labute approximate surface area is 139 Å². The van der Waals surface area contributed by atoms with Gasteiger partial charge in [-0.2, -0.15) is 0 Å². The minimum absolute atomic E-state index is 0.0666. The molecule has 1 amide bonds. The van der Waals surface area contributed by atoms with Crippen LogP contribution in [0.25, 0.3) is 0 Å². The fraction of sp³-hybridized carbons (Fsp3) is 0.333. The van der Waals surface area contributed by atoms with Crippen LogP contribution in [0.1, 0.15) is 33.8 Å². The molecule has 2 heterocycles.